The lowest BCUT2D eigenvalue weighted by Crippen LogP contribution is -2.08. The Morgan fingerprint density at radius 3 is 1.81 bits per heavy atom. The molecule has 1 aliphatic carbocycles. The molecule has 0 bridgehead atoms. The standard InChI is InChI=1S/C5H8F2O3S.CH3ClO2S/c1-11(8,9)10-3-4-2-5(4,6)7;1-5(2,3)4/h4H,2-3H2,1H3;1H3. The Kier molecular flexibility index (Phi) is 5.11. The molecule has 1 saturated carbocycles. The highest BCUT2D eigenvalue weighted by Gasteiger charge is 2.57. The van der Waals surface area contributed by atoms with Crippen molar-refractivity contribution in [3.05, 3.63) is 0 Å². The van der Waals surface area contributed by atoms with Crippen LogP contribution in [-0.2, 0) is 23.4 Å². The van der Waals surface area contributed by atoms with Gasteiger partial charge in [-0.15, -0.1) is 0 Å². The zero-order chi connectivity index (χ0) is 13.2. The lowest BCUT2D eigenvalue weighted by Gasteiger charge is -1.98. The van der Waals surface area contributed by atoms with E-state index < -0.39 is 37.6 Å². The molecule has 0 radical (unpaired) electrons. The lowest BCUT2D eigenvalue weighted by molar-refractivity contribution is 0.0867. The molecule has 1 atom stereocenters. The van der Waals surface area contributed by atoms with E-state index in [4.69, 9.17) is 0 Å². The van der Waals surface area contributed by atoms with Crippen molar-refractivity contribution in [2.24, 2.45) is 5.92 Å². The van der Waals surface area contributed by atoms with E-state index in [1.54, 1.807) is 0 Å². The van der Waals surface area contributed by atoms with Crippen molar-refractivity contribution in [1.29, 1.82) is 0 Å². The van der Waals surface area contributed by atoms with Gasteiger partial charge in [-0.1, -0.05) is 0 Å². The van der Waals surface area contributed by atoms with E-state index in [0.717, 1.165) is 12.5 Å². The molecule has 1 fully saturated rings. The predicted octanol–water partition coefficient (Wildman–Crippen LogP) is 0.803. The first-order valence-electron chi connectivity index (χ1n) is 3.93. The van der Waals surface area contributed by atoms with Crippen LogP contribution in [0.1, 0.15) is 6.42 Å². The maximum atomic E-state index is 12.1. The van der Waals surface area contributed by atoms with E-state index in [-0.39, 0.29) is 6.42 Å². The third-order valence-corrected chi connectivity index (χ3v) is 2.00. The molecule has 0 N–H and O–H groups in total. The van der Waals surface area contributed by atoms with Crippen LogP contribution >= 0.6 is 10.7 Å². The van der Waals surface area contributed by atoms with Crippen LogP contribution in [0.2, 0.25) is 0 Å². The molecule has 0 heterocycles. The molecular weight excluding hydrogens is 290 g/mol. The van der Waals surface area contributed by atoms with Crippen LogP contribution in [0.5, 0.6) is 0 Å². The highest BCUT2D eigenvalue weighted by molar-refractivity contribution is 8.13. The SMILES string of the molecule is CS(=O)(=O)Cl.CS(=O)(=O)OCC1CC1(F)F. The van der Waals surface area contributed by atoms with Gasteiger partial charge in [-0.05, 0) is 0 Å². The molecular formula is C6H11ClF2O5S2. The second kappa shape index (κ2) is 5.11. The number of halogens is 3. The van der Waals surface area contributed by atoms with Crippen LogP contribution < -0.4 is 0 Å². The van der Waals surface area contributed by atoms with Gasteiger partial charge < -0.3 is 0 Å². The Hall–Kier alpha value is 0.01000. The Morgan fingerprint density at radius 2 is 1.62 bits per heavy atom. The van der Waals surface area contributed by atoms with Crippen molar-refractivity contribution < 1.29 is 29.8 Å². The molecule has 1 aliphatic rings. The number of hydrogen-bond acceptors (Lipinski definition) is 5. The van der Waals surface area contributed by atoms with Crippen molar-refractivity contribution in [2.45, 2.75) is 12.3 Å². The lowest BCUT2D eigenvalue weighted by atomic mass is 10.5. The van der Waals surface area contributed by atoms with Crippen molar-refractivity contribution in [1.82, 2.24) is 0 Å². The van der Waals surface area contributed by atoms with Gasteiger partial charge in [0, 0.05) is 17.1 Å². The highest BCUT2D eigenvalue weighted by Crippen LogP contribution is 2.48. The van der Waals surface area contributed by atoms with Crippen LogP contribution in [0, 0.1) is 5.92 Å². The first-order chi connectivity index (χ1) is 6.81. The highest BCUT2D eigenvalue weighted by atomic mass is 35.7. The smallest absolute Gasteiger partial charge is 0.264 e. The maximum Gasteiger partial charge on any atom is 0.264 e. The van der Waals surface area contributed by atoms with Crippen LogP contribution in [0.3, 0.4) is 0 Å². The van der Waals surface area contributed by atoms with E-state index in [1.165, 1.54) is 0 Å². The van der Waals surface area contributed by atoms with Gasteiger partial charge in [0.15, 0.2) is 0 Å². The molecule has 98 valence electrons. The van der Waals surface area contributed by atoms with E-state index in [9.17, 15) is 25.6 Å². The summed E-state index contributed by atoms with van der Waals surface area (Å²) in [6, 6.07) is 0. The molecule has 0 aromatic rings. The Bertz CT molecular complexity index is 422. The normalized spacial score (nSPS) is 23.2. The fourth-order valence-electron chi connectivity index (χ4n) is 0.656. The molecule has 16 heavy (non-hydrogen) atoms. The monoisotopic (exact) mass is 300 g/mol. The quantitative estimate of drug-likeness (QED) is 0.569. The van der Waals surface area contributed by atoms with Crippen LogP contribution in [-0.4, -0.2) is 41.9 Å². The van der Waals surface area contributed by atoms with Gasteiger partial charge in [0.2, 0.25) is 9.05 Å². The summed E-state index contributed by atoms with van der Waals surface area (Å²) in [4.78, 5) is 0. The molecule has 1 unspecified atom stereocenters. The predicted molar refractivity (Wildman–Crippen MR) is 54.5 cm³/mol. The van der Waals surface area contributed by atoms with E-state index >= 15 is 0 Å². The summed E-state index contributed by atoms with van der Waals surface area (Å²) in [6.45, 7) is -0.397. The van der Waals surface area contributed by atoms with Crippen molar-refractivity contribution in [3.63, 3.8) is 0 Å². The minimum atomic E-state index is -3.56. The van der Waals surface area contributed by atoms with Crippen molar-refractivity contribution >= 4 is 29.9 Å². The average Bonchev–Trinajstić information content (AvgIpc) is 2.49. The van der Waals surface area contributed by atoms with E-state index in [2.05, 4.69) is 14.9 Å². The molecule has 5 nitrogen and oxygen atoms in total. The first-order valence-corrected chi connectivity index (χ1v) is 8.46. The van der Waals surface area contributed by atoms with Gasteiger partial charge in [0.1, 0.15) is 0 Å². The van der Waals surface area contributed by atoms with Crippen molar-refractivity contribution in [3.8, 4) is 0 Å². The molecule has 0 aromatic heterocycles. The summed E-state index contributed by atoms with van der Waals surface area (Å²) in [7, 11) is -2.25. The van der Waals surface area contributed by atoms with Gasteiger partial charge in [-0.3, -0.25) is 4.18 Å². The largest absolute Gasteiger partial charge is 0.270 e. The molecule has 1 rings (SSSR count). The van der Waals surface area contributed by atoms with Crippen LogP contribution in [0.4, 0.5) is 8.78 Å². The minimum Gasteiger partial charge on any atom is -0.270 e. The van der Waals surface area contributed by atoms with Crippen LogP contribution in [0.15, 0.2) is 0 Å². The summed E-state index contributed by atoms with van der Waals surface area (Å²) < 4.78 is 67.8. The number of rotatable bonds is 3. The van der Waals surface area contributed by atoms with Gasteiger partial charge >= 0.3 is 0 Å². The molecule has 0 aliphatic heterocycles. The zero-order valence-electron chi connectivity index (χ0n) is 8.48. The molecule has 0 aromatic carbocycles. The van der Waals surface area contributed by atoms with Gasteiger partial charge in [-0.25, -0.2) is 17.2 Å². The zero-order valence-corrected chi connectivity index (χ0v) is 10.9. The topological polar surface area (TPSA) is 77.5 Å². The summed E-state index contributed by atoms with van der Waals surface area (Å²) >= 11 is 0. The first kappa shape index (κ1) is 16.0. The van der Waals surface area contributed by atoms with E-state index in [0.29, 0.717) is 0 Å². The van der Waals surface area contributed by atoms with Crippen molar-refractivity contribution in [2.75, 3.05) is 19.1 Å². The van der Waals surface area contributed by atoms with Gasteiger partial charge in [0.05, 0.1) is 25.0 Å². The summed E-state index contributed by atoms with van der Waals surface area (Å²) in [5, 5.41) is 0. The second-order valence-corrected chi connectivity index (χ2v) is 8.02. The molecule has 10 heteroatoms. The number of hydrogen-bond donors (Lipinski definition) is 0. The third-order valence-electron chi connectivity index (χ3n) is 1.44. The molecule has 0 amide bonds. The number of alkyl halides is 2. The van der Waals surface area contributed by atoms with E-state index in [1.807, 2.05) is 0 Å². The Balaban J connectivity index is 0.000000385. The fourth-order valence-corrected chi connectivity index (χ4v) is 1.07. The minimum absolute atomic E-state index is 0.261. The summed E-state index contributed by atoms with van der Waals surface area (Å²) in [6.07, 6.45) is 1.50. The third kappa shape index (κ3) is 10.5. The summed E-state index contributed by atoms with van der Waals surface area (Å²) in [5.41, 5.74) is 0. The Morgan fingerprint density at radius 1 is 1.31 bits per heavy atom. The average molecular weight is 301 g/mol. The summed E-state index contributed by atoms with van der Waals surface area (Å²) in [5.74, 6) is -3.61. The maximum absolute atomic E-state index is 12.1. The van der Waals surface area contributed by atoms with Gasteiger partial charge in [-0.2, -0.15) is 8.42 Å². The second-order valence-electron chi connectivity index (χ2n) is 3.33. The molecule has 0 saturated heterocycles. The Labute approximate surface area is 97.3 Å². The van der Waals surface area contributed by atoms with Gasteiger partial charge in [0.25, 0.3) is 16.0 Å². The fraction of sp³-hybridized carbons (Fsp3) is 1.00. The van der Waals surface area contributed by atoms with Crippen LogP contribution in [0.25, 0.3) is 0 Å². The molecule has 0 spiro atoms.